The molecule has 0 atom stereocenters. The van der Waals surface area contributed by atoms with Crippen LogP contribution in [0.4, 0.5) is 5.69 Å². The number of amidine groups is 1. The predicted molar refractivity (Wildman–Crippen MR) is 82.9 cm³/mol. The van der Waals surface area contributed by atoms with Crippen LogP contribution in [0.2, 0.25) is 0 Å². The summed E-state index contributed by atoms with van der Waals surface area (Å²) in [6, 6.07) is 5.79. The van der Waals surface area contributed by atoms with Crippen molar-refractivity contribution in [3.8, 4) is 5.75 Å². The number of likely N-dealkylation sites (N-methyl/N-ethyl adjacent to an activating group) is 1. The van der Waals surface area contributed by atoms with Crippen molar-refractivity contribution in [3.63, 3.8) is 0 Å². The largest absolute Gasteiger partial charge is 0.492 e. The molecule has 1 aliphatic rings. The highest BCUT2D eigenvalue weighted by Crippen LogP contribution is 2.25. The Hall–Kier alpha value is -1.53. The zero-order chi connectivity index (χ0) is 14.5. The van der Waals surface area contributed by atoms with Crippen LogP contribution in [0.1, 0.15) is 5.56 Å². The molecule has 20 heavy (non-hydrogen) atoms. The third kappa shape index (κ3) is 4.25. The van der Waals surface area contributed by atoms with Gasteiger partial charge in [0, 0.05) is 6.54 Å². The molecule has 1 fully saturated rings. The number of hydrogen-bond donors (Lipinski definition) is 1. The Balaban J connectivity index is 2.00. The van der Waals surface area contributed by atoms with Crippen LogP contribution >= 0.6 is 11.8 Å². The van der Waals surface area contributed by atoms with E-state index in [1.54, 1.807) is 0 Å². The number of aliphatic imine (C=N–C) groups is 1. The van der Waals surface area contributed by atoms with Crippen molar-refractivity contribution >= 4 is 28.5 Å². The summed E-state index contributed by atoms with van der Waals surface area (Å²) in [5, 5.41) is 3.39. The van der Waals surface area contributed by atoms with Crippen LogP contribution in [0.3, 0.4) is 0 Å². The molecule has 2 rings (SSSR count). The highest BCUT2D eigenvalue weighted by Gasteiger charge is 2.16. The van der Waals surface area contributed by atoms with Crippen molar-refractivity contribution in [1.82, 2.24) is 10.2 Å². The van der Waals surface area contributed by atoms with E-state index in [9.17, 15) is 4.79 Å². The quantitative estimate of drug-likeness (QED) is 0.899. The number of carbonyl (C=O) groups excluding carboxylic acids is 1. The molecule has 0 aliphatic carbocycles. The number of rotatable bonds is 5. The first-order valence-corrected chi connectivity index (χ1v) is 7.42. The van der Waals surface area contributed by atoms with Gasteiger partial charge in [0.2, 0.25) is 5.91 Å². The number of hydrogen-bond acceptors (Lipinski definition) is 5. The van der Waals surface area contributed by atoms with Crippen LogP contribution in [0.5, 0.6) is 5.75 Å². The molecule has 1 aliphatic heterocycles. The molecule has 1 saturated heterocycles. The van der Waals surface area contributed by atoms with E-state index in [-0.39, 0.29) is 5.91 Å². The van der Waals surface area contributed by atoms with Gasteiger partial charge < -0.3 is 15.0 Å². The van der Waals surface area contributed by atoms with Gasteiger partial charge in [-0.1, -0.05) is 11.8 Å². The molecular formula is C14H19N3O2S. The van der Waals surface area contributed by atoms with Crippen molar-refractivity contribution < 1.29 is 9.53 Å². The molecule has 108 valence electrons. The summed E-state index contributed by atoms with van der Waals surface area (Å²) in [7, 11) is 4.03. The van der Waals surface area contributed by atoms with Crippen LogP contribution in [0.15, 0.2) is 23.2 Å². The maximum absolute atomic E-state index is 11.1. The number of aryl methyl sites for hydroxylation is 1. The Labute approximate surface area is 123 Å². The number of carbonyl (C=O) groups is 1. The summed E-state index contributed by atoms with van der Waals surface area (Å²) < 4.78 is 5.67. The summed E-state index contributed by atoms with van der Waals surface area (Å²) >= 11 is 1.43. The molecule has 1 aromatic carbocycles. The third-order valence-electron chi connectivity index (χ3n) is 2.78. The molecule has 0 radical (unpaired) electrons. The Morgan fingerprint density at radius 1 is 1.45 bits per heavy atom. The fourth-order valence-corrected chi connectivity index (χ4v) is 2.37. The normalized spacial score (nSPS) is 16.8. The molecule has 1 N–H and O–H groups in total. The van der Waals surface area contributed by atoms with Gasteiger partial charge in [-0.2, -0.15) is 0 Å². The molecule has 0 bridgehead atoms. The lowest BCUT2D eigenvalue weighted by Gasteiger charge is -2.12. The van der Waals surface area contributed by atoms with Gasteiger partial charge >= 0.3 is 0 Å². The standard InChI is InChI=1S/C14H19N3O2S/c1-10-8-11(19-7-6-17(2)3)4-5-12(10)15-14-16-13(18)9-20-14/h4-5,8H,6-7,9H2,1-3H3,(H,15,16,18). The fourth-order valence-electron chi connectivity index (χ4n) is 1.68. The molecular weight excluding hydrogens is 274 g/mol. The van der Waals surface area contributed by atoms with Gasteiger partial charge in [0.05, 0.1) is 11.4 Å². The molecule has 0 saturated carbocycles. The van der Waals surface area contributed by atoms with E-state index in [2.05, 4.69) is 15.2 Å². The maximum Gasteiger partial charge on any atom is 0.236 e. The van der Waals surface area contributed by atoms with Gasteiger partial charge in [0.1, 0.15) is 12.4 Å². The highest BCUT2D eigenvalue weighted by molar-refractivity contribution is 8.15. The van der Waals surface area contributed by atoms with Crippen LogP contribution < -0.4 is 10.1 Å². The van der Waals surface area contributed by atoms with E-state index in [4.69, 9.17) is 4.74 Å². The summed E-state index contributed by atoms with van der Waals surface area (Å²) in [6.07, 6.45) is 0. The van der Waals surface area contributed by atoms with Gasteiger partial charge in [0.15, 0.2) is 5.17 Å². The van der Waals surface area contributed by atoms with E-state index < -0.39 is 0 Å². The third-order valence-corrected chi connectivity index (χ3v) is 3.66. The van der Waals surface area contributed by atoms with Crippen LogP contribution in [0.25, 0.3) is 0 Å². The number of ether oxygens (including phenoxy) is 1. The van der Waals surface area contributed by atoms with Gasteiger partial charge in [-0.15, -0.1) is 0 Å². The minimum atomic E-state index is 0.00930. The van der Waals surface area contributed by atoms with E-state index in [0.29, 0.717) is 17.5 Å². The van der Waals surface area contributed by atoms with Gasteiger partial charge in [0.25, 0.3) is 0 Å². The first kappa shape index (κ1) is 14.9. The van der Waals surface area contributed by atoms with Crippen molar-refractivity contribution in [1.29, 1.82) is 0 Å². The molecule has 0 aromatic heterocycles. The molecule has 0 spiro atoms. The van der Waals surface area contributed by atoms with Crippen LogP contribution in [0, 0.1) is 6.92 Å². The number of thioether (sulfide) groups is 1. The second-order valence-corrected chi connectivity index (χ2v) is 5.82. The summed E-state index contributed by atoms with van der Waals surface area (Å²) in [6.45, 7) is 3.53. The average Bonchev–Trinajstić information content (AvgIpc) is 2.78. The SMILES string of the molecule is Cc1cc(OCCN(C)C)ccc1N=C1NC(=O)CS1. The molecule has 5 nitrogen and oxygen atoms in total. The second kappa shape index (κ2) is 6.76. The number of benzene rings is 1. The minimum Gasteiger partial charge on any atom is -0.492 e. The lowest BCUT2D eigenvalue weighted by Crippen LogP contribution is -2.20. The van der Waals surface area contributed by atoms with E-state index in [0.717, 1.165) is 23.5 Å². The van der Waals surface area contributed by atoms with Crippen molar-refractivity contribution in [2.24, 2.45) is 4.99 Å². The van der Waals surface area contributed by atoms with Gasteiger partial charge in [-0.25, -0.2) is 4.99 Å². The molecule has 0 unspecified atom stereocenters. The van der Waals surface area contributed by atoms with Crippen LogP contribution in [-0.2, 0) is 4.79 Å². The van der Waals surface area contributed by atoms with Crippen molar-refractivity contribution in [2.45, 2.75) is 6.92 Å². The lowest BCUT2D eigenvalue weighted by molar-refractivity contribution is -0.116. The summed E-state index contributed by atoms with van der Waals surface area (Å²) in [4.78, 5) is 17.6. The second-order valence-electron chi connectivity index (χ2n) is 4.85. The maximum atomic E-state index is 11.1. The number of nitrogens with zero attached hydrogens (tertiary/aromatic N) is 2. The zero-order valence-corrected chi connectivity index (χ0v) is 12.8. The number of nitrogens with one attached hydrogen (secondary N) is 1. The minimum absolute atomic E-state index is 0.00930. The Morgan fingerprint density at radius 3 is 2.85 bits per heavy atom. The predicted octanol–water partition coefficient (Wildman–Crippen LogP) is 1.79. The van der Waals surface area contributed by atoms with Crippen LogP contribution in [-0.4, -0.2) is 49.0 Å². The van der Waals surface area contributed by atoms with Gasteiger partial charge in [-0.05, 0) is 44.8 Å². The Morgan fingerprint density at radius 2 is 2.25 bits per heavy atom. The molecule has 1 heterocycles. The topological polar surface area (TPSA) is 53.9 Å². The monoisotopic (exact) mass is 293 g/mol. The van der Waals surface area contributed by atoms with E-state index in [1.165, 1.54) is 11.8 Å². The Kier molecular flexibility index (Phi) is 5.03. The highest BCUT2D eigenvalue weighted by atomic mass is 32.2. The smallest absolute Gasteiger partial charge is 0.236 e. The van der Waals surface area contributed by atoms with Crippen molar-refractivity contribution in [2.75, 3.05) is 33.0 Å². The summed E-state index contributed by atoms with van der Waals surface area (Å²) in [5.74, 6) is 1.30. The molecule has 1 amide bonds. The molecule has 6 heteroatoms. The van der Waals surface area contributed by atoms with Gasteiger partial charge in [-0.3, -0.25) is 4.79 Å². The number of amides is 1. The first-order chi connectivity index (χ1) is 9.54. The lowest BCUT2D eigenvalue weighted by atomic mass is 10.2. The fraction of sp³-hybridized carbons (Fsp3) is 0.429. The summed E-state index contributed by atoms with van der Waals surface area (Å²) in [5.41, 5.74) is 1.89. The zero-order valence-electron chi connectivity index (χ0n) is 12.0. The molecule has 1 aromatic rings. The Bertz CT molecular complexity index is 529. The average molecular weight is 293 g/mol. The van der Waals surface area contributed by atoms with E-state index in [1.807, 2.05) is 39.2 Å². The van der Waals surface area contributed by atoms with E-state index >= 15 is 0 Å². The first-order valence-electron chi connectivity index (χ1n) is 6.44. The van der Waals surface area contributed by atoms with Crippen molar-refractivity contribution in [3.05, 3.63) is 23.8 Å².